The summed E-state index contributed by atoms with van der Waals surface area (Å²) < 4.78 is 38.6. The van der Waals surface area contributed by atoms with Crippen molar-refractivity contribution in [3.05, 3.63) is 71.4 Å². The number of hydrogen-bond acceptors (Lipinski definition) is 5. The van der Waals surface area contributed by atoms with Gasteiger partial charge in [-0.25, -0.2) is 9.78 Å². The predicted molar refractivity (Wildman–Crippen MR) is 98.2 cm³/mol. The molecule has 3 N–H and O–H groups in total. The fourth-order valence-electron chi connectivity index (χ4n) is 2.51. The van der Waals surface area contributed by atoms with Crippen LogP contribution in [0.2, 0.25) is 0 Å². The van der Waals surface area contributed by atoms with Crippen LogP contribution in [0.4, 0.5) is 36.3 Å². The van der Waals surface area contributed by atoms with Crippen LogP contribution in [-0.4, -0.2) is 21.0 Å². The summed E-state index contributed by atoms with van der Waals surface area (Å²) in [6, 6.07) is 12.6. The molecule has 1 aromatic heterocycles. The van der Waals surface area contributed by atoms with Gasteiger partial charge in [0.2, 0.25) is 5.95 Å². The van der Waals surface area contributed by atoms with Gasteiger partial charge in [-0.3, -0.25) is 0 Å². The Kier molecular flexibility index (Phi) is 5.16. The van der Waals surface area contributed by atoms with E-state index >= 15 is 0 Å². The second kappa shape index (κ2) is 7.55. The van der Waals surface area contributed by atoms with Gasteiger partial charge in [0.05, 0.1) is 16.8 Å². The number of halogens is 3. The number of hydrogen-bond donors (Lipinski definition) is 3. The van der Waals surface area contributed by atoms with Crippen molar-refractivity contribution in [1.82, 2.24) is 9.97 Å². The quantitative estimate of drug-likeness (QED) is 0.571. The molecule has 144 valence electrons. The molecule has 0 saturated heterocycles. The summed E-state index contributed by atoms with van der Waals surface area (Å²) in [5, 5.41) is 14.9. The standard InChI is InChI=1S/C19H15F3N4O2/c1-11-9-16(25-15-8-3-2-7-14(15)17(27)28)26-18(23-11)24-13-6-4-5-12(10-13)19(20,21)22/h2-10H,1H3,(H,27,28)(H2,23,24,25,26). The molecule has 0 bridgehead atoms. The third kappa shape index (κ3) is 4.56. The number of carboxylic acid groups (broad SMARTS) is 1. The van der Waals surface area contributed by atoms with Gasteiger partial charge in [0.15, 0.2) is 0 Å². The summed E-state index contributed by atoms with van der Waals surface area (Å²) in [6.45, 7) is 1.69. The first-order chi connectivity index (χ1) is 13.2. The van der Waals surface area contributed by atoms with Crippen LogP contribution >= 0.6 is 0 Å². The van der Waals surface area contributed by atoms with E-state index in [1.54, 1.807) is 31.2 Å². The molecule has 0 fully saturated rings. The zero-order valence-electron chi connectivity index (χ0n) is 14.6. The van der Waals surface area contributed by atoms with Crippen LogP contribution in [0.5, 0.6) is 0 Å². The highest BCUT2D eigenvalue weighted by Gasteiger charge is 2.30. The number of carboxylic acids is 1. The molecule has 2 aromatic carbocycles. The molecule has 9 heteroatoms. The van der Waals surface area contributed by atoms with E-state index in [9.17, 15) is 23.1 Å². The van der Waals surface area contributed by atoms with Gasteiger partial charge < -0.3 is 15.7 Å². The van der Waals surface area contributed by atoms with E-state index in [2.05, 4.69) is 20.6 Å². The van der Waals surface area contributed by atoms with Gasteiger partial charge >= 0.3 is 12.1 Å². The molecule has 1 heterocycles. The summed E-state index contributed by atoms with van der Waals surface area (Å²) in [7, 11) is 0. The molecule has 6 nitrogen and oxygen atoms in total. The van der Waals surface area contributed by atoms with E-state index in [1.165, 1.54) is 18.2 Å². The van der Waals surface area contributed by atoms with E-state index in [0.717, 1.165) is 12.1 Å². The first-order valence-corrected chi connectivity index (χ1v) is 8.12. The van der Waals surface area contributed by atoms with Crippen molar-refractivity contribution in [3.63, 3.8) is 0 Å². The van der Waals surface area contributed by atoms with Crippen molar-refractivity contribution < 1.29 is 23.1 Å². The van der Waals surface area contributed by atoms with Crippen molar-refractivity contribution in [3.8, 4) is 0 Å². The number of aryl methyl sites for hydroxylation is 1. The Labute approximate surface area is 158 Å². The van der Waals surface area contributed by atoms with Gasteiger partial charge in [-0.2, -0.15) is 18.2 Å². The monoisotopic (exact) mass is 388 g/mol. The molecule has 0 atom stereocenters. The lowest BCUT2D eigenvalue weighted by molar-refractivity contribution is -0.137. The van der Waals surface area contributed by atoms with Crippen LogP contribution in [0, 0.1) is 6.92 Å². The van der Waals surface area contributed by atoms with Crippen LogP contribution in [0.15, 0.2) is 54.6 Å². The molecule has 0 saturated carbocycles. The molecule has 0 aliphatic rings. The highest BCUT2D eigenvalue weighted by Crippen LogP contribution is 2.31. The van der Waals surface area contributed by atoms with Crippen molar-refractivity contribution in [2.75, 3.05) is 10.6 Å². The number of rotatable bonds is 5. The Morgan fingerprint density at radius 2 is 1.75 bits per heavy atom. The summed E-state index contributed by atoms with van der Waals surface area (Å²) >= 11 is 0. The Morgan fingerprint density at radius 1 is 1.00 bits per heavy atom. The van der Waals surface area contributed by atoms with Crippen LogP contribution < -0.4 is 10.6 Å². The molecule has 0 aliphatic heterocycles. The Hall–Kier alpha value is -3.62. The number of para-hydroxylation sites is 1. The number of nitrogens with one attached hydrogen (secondary N) is 2. The second-order valence-electron chi connectivity index (χ2n) is 5.90. The van der Waals surface area contributed by atoms with Crippen molar-refractivity contribution in [1.29, 1.82) is 0 Å². The van der Waals surface area contributed by atoms with Crippen molar-refractivity contribution >= 4 is 29.1 Å². The van der Waals surface area contributed by atoms with Crippen molar-refractivity contribution in [2.45, 2.75) is 13.1 Å². The lowest BCUT2D eigenvalue weighted by atomic mass is 10.2. The molecule has 28 heavy (non-hydrogen) atoms. The van der Waals surface area contributed by atoms with Crippen molar-refractivity contribution in [2.24, 2.45) is 0 Å². The average molecular weight is 388 g/mol. The van der Waals surface area contributed by atoms with Crippen LogP contribution in [0.3, 0.4) is 0 Å². The maximum Gasteiger partial charge on any atom is 0.416 e. The molecule has 0 spiro atoms. The third-order valence-electron chi connectivity index (χ3n) is 3.72. The summed E-state index contributed by atoms with van der Waals surface area (Å²) in [5.41, 5.74) is 0.320. The maximum absolute atomic E-state index is 12.9. The lowest BCUT2D eigenvalue weighted by Gasteiger charge is -2.12. The molecule has 3 rings (SSSR count). The topological polar surface area (TPSA) is 87.1 Å². The Morgan fingerprint density at radius 3 is 2.46 bits per heavy atom. The van der Waals surface area contributed by atoms with Crippen LogP contribution in [0.1, 0.15) is 21.6 Å². The molecule has 0 amide bonds. The van der Waals surface area contributed by atoms with E-state index < -0.39 is 17.7 Å². The van der Waals surface area contributed by atoms with Gasteiger partial charge in [-0.15, -0.1) is 0 Å². The van der Waals surface area contributed by atoms with Crippen LogP contribution in [-0.2, 0) is 6.18 Å². The normalized spacial score (nSPS) is 11.1. The smallest absolute Gasteiger partial charge is 0.416 e. The van der Waals surface area contributed by atoms with Gasteiger partial charge in [-0.05, 0) is 37.3 Å². The molecular formula is C19H15F3N4O2. The molecule has 3 aromatic rings. The maximum atomic E-state index is 12.9. The molecule has 0 aliphatic carbocycles. The van der Waals surface area contributed by atoms with E-state index in [-0.39, 0.29) is 17.2 Å². The molecule has 0 radical (unpaired) electrons. The Balaban J connectivity index is 1.88. The van der Waals surface area contributed by atoms with Gasteiger partial charge in [0, 0.05) is 17.4 Å². The number of nitrogens with zero attached hydrogens (tertiary/aromatic N) is 2. The first-order valence-electron chi connectivity index (χ1n) is 8.12. The predicted octanol–water partition coefficient (Wildman–Crippen LogP) is 4.99. The number of anilines is 4. The fraction of sp³-hybridized carbons (Fsp3) is 0.105. The van der Waals surface area contributed by atoms with Gasteiger partial charge in [-0.1, -0.05) is 18.2 Å². The number of aromatic nitrogens is 2. The zero-order valence-corrected chi connectivity index (χ0v) is 14.6. The second-order valence-corrected chi connectivity index (χ2v) is 5.90. The number of alkyl halides is 3. The van der Waals surface area contributed by atoms with Gasteiger partial charge in [0.1, 0.15) is 5.82 Å². The fourth-order valence-corrected chi connectivity index (χ4v) is 2.51. The number of carbonyl (C=O) groups is 1. The SMILES string of the molecule is Cc1cc(Nc2ccccc2C(=O)O)nc(Nc2cccc(C(F)(F)F)c2)n1. The summed E-state index contributed by atoms with van der Waals surface area (Å²) in [4.78, 5) is 19.7. The summed E-state index contributed by atoms with van der Waals surface area (Å²) in [5.74, 6) is -0.721. The Bertz CT molecular complexity index is 1020. The number of benzene rings is 2. The lowest BCUT2D eigenvalue weighted by Crippen LogP contribution is -2.07. The third-order valence-corrected chi connectivity index (χ3v) is 3.72. The first kappa shape index (κ1) is 19.2. The summed E-state index contributed by atoms with van der Waals surface area (Å²) in [6.07, 6.45) is -4.46. The number of aromatic carboxylic acids is 1. The highest BCUT2D eigenvalue weighted by molar-refractivity contribution is 5.95. The minimum absolute atomic E-state index is 0.0613. The minimum atomic E-state index is -4.46. The minimum Gasteiger partial charge on any atom is -0.478 e. The van der Waals surface area contributed by atoms with E-state index in [4.69, 9.17) is 0 Å². The zero-order chi connectivity index (χ0) is 20.3. The average Bonchev–Trinajstić information content (AvgIpc) is 2.61. The van der Waals surface area contributed by atoms with E-state index in [1.807, 2.05) is 0 Å². The van der Waals surface area contributed by atoms with E-state index in [0.29, 0.717) is 17.2 Å². The largest absolute Gasteiger partial charge is 0.478 e. The highest BCUT2D eigenvalue weighted by atomic mass is 19.4. The molecule has 0 unspecified atom stereocenters. The molecular weight excluding hydrogens is 373 g/mol. The van der Waals surface area contributed by atoms with Gasteiger partial charge in [0.25, 0.3) is 0 Å². The van der Waals surface area contributed by atoms with Crippen LogP contribution in [0.25, 0.3) is 0 Å².